The van der Waals surface area contributed by atoms with Crippen molar-refractivity contribution in [3.63, 3.8) is 0 Å². The van der Waals surface area contributed by atoms with Crippen LogP contribution in [0.15, 0.2) is 0 Å². The lowest BCUT2D eigenvalue weighted by Gasteiger charge is -2.51. The highest BCUT2D eigenvalue weighted by atomic mass is 16.8. The first-order valence-corrected chi connectivity index (χ1v) is 39.6. The summed E-state index contributed by atoms with van der Waals surface area (Å²) in [4.78, 5) is 0. The molecule has 0 saturated carbocycles. The monoisotopic (exact) mass is 1800 g/mol. The summed E-state index contributed by atoms with van der Waals surface area (Å²) in [5.74, 6) is -1.91. The topological polar surface area (TPSA) is 852 Å². The van der Waals surface area contributed by atoms with E-state index >= 15 is 0 Å². The van der Waals surface area contributed by atoms with Gasteiger partial charge >= 0.3 is 0 Å². The van der Waals surface area contributed by atoms with E-state index in [0.29, 0.717) is 0 Å². The van der Waals surface area contributed by atoms with Crippen molar-refractivity contribution < 1.29 is 263 Å². The molecule has 10 rings (SSSR count). The van der Waals surface area contributed by atoms with Gasteiger partial charge in [-0.25, -0.2) is 0 Å². The Kier molecular flexibility index (Phi) is 37.5. The first-order chi connectivity index (χ1) is 57.8. The van der Waals surface area contributed by atoms with Crippen LogP contribution in [0.5, 0.6) is 0 Å². The molecule has 714 valence electrons. The van der Waals surface area contributed by atoms with Gasteiger partial charge in [0, 0.05) is 18.4 Å². The Morgan fingerprint density at radius 1 is 0.230 bits per heavy atom. The summed E-state index contributed by atoms with van der Waals surface area (Å²) in [6, 6.07) is 0. The van der Waals surface area contributed by atoms with E-state index in [-0.39, 0.29) is 0 Å². The zero-order chi connectivity index (χ0) is 89.8. The van der Waals surface area contributed by atoms with E-state index in [1.54, 1.807) is 13.8 Å². The van der Waals surface area contributed by atoms with Crippen LogP contribution in [-0.2, 0) is 94.7 Å². The van der Waals surface area contributed by atoms with Crippen molar-refractivity contribution in [2.45, 2.75) is 346 Å². The average molecular weight is 1800 g/mol. The van der Waals surface area contributed by atoms with Crippen LogP contribution in [0, 0.1) is 11.8 Å². The summed E-state index contributed by atoms with van der Waals surface area (Å²) in [7, 11) is 0. The number of ether oxygens (including phenoxy) is 20. The van der Waals surface area contributed by atoms with Gasteiger partial charge in [-0.1, -0.05) is 13.8 Å². The van der Waals surface area contributed by atoms with Crippen molar-refractivity contribution in [1.29, 1.82) is 0 Å². The van der Waals surface area contributed by atoms with Gasteiger partial charge in [0.1, 0.15) is 232 Å². The van der Waals surface area contributed by atoms with Crippen LogP contribution in [-0.4, -0.2) is 560 Å². The standard InChI is InChI=1S/C69H120O53/c1-16-18(3)105-26(12-77)52(30(16)80)116-61-17(2)31(81)53(27(13-78)112-61)117-65-51(101)55(119-68-59(46(96)38(88)24(10-75)110-68)122-69-58(45(95)37(87)25(11-76)111-69)121-64-49(99)42(92)34(84)21(7-72)107-64)40(90)29(114-65)14-103-62-50(100)54(118-67-57(44(94)36(86)23(9-74)109-67)115-60(102)47(97)32(82)19(79)4-5-70)39(89)28(113-62)15-104-66-56(43(93)35(85)22(8-73)108-66)120-63-48(98)41(91)33(83)20(6-71)106-63/h16-102H,4-15H2,1-3H3. The van der Waals surface area contributed by atoms with Crippen LogP contribution in [0.1, 0.15) is 27.2 Å². The largest absolute Gasteiger partial charge is 0.396 e. The number of hydrogen-bond donors (Lipinski definition) is 33. The van der Waals surface area contributed by atoms with Crippen LogP contribution in [0.25, 0.3) is 0 Å². The van der Waals surface area contributed by atoms with Crippen LogP contribution < -0.4 is 0 Å². The molecule has 33 N–H and O–H groups in total. The average Bonchev–Trinajstić information content (AvgIpc) is 0.747. The predicted octanol–water partition coefficient (Wildman–Crippen LogP) is -21.4. The Labute approximate surface area is 692 Å². The third kappa shape index (κ3) is 21.9. The lowest BCUT2D eigenvalue weighted by atomic mass is 9.88. The zero-order valence-electron chi connectivity index (χ0n) is 65.6. The Balaban J connectivity index is 1.01. The molecule has 0 aromatic carbocycles. The first-order valence-electron chi connectivity index (χ1n) is 39.6. The van der Waals surface area contributed by atoms with Gasteiger partial charge in [-0.15, -0.1) is 0 Å². The normalized spacial score (nSPS) is 51.0. The molecule has 54 unspecified atom stereocenters. The minimum Gasteiger partial charge on any atom is -0.396 e. The van der Waals surface area contributed by atoms with Gasteiger partial charge in [0.15, 0.2) is 62.9 Å². The maximum absolute atomic E-state index is 12.7. The summed E-state index contributed by atoms with van der Waals surface area (Å²) in [6.45, 7) is -7.09. The molecule has 10 heterocycles. The van der Waals surface area contributed by atoms with E-state index in [9.17, 15) is 169 Å². The molecule has 122 heavy (non-hydrogen) atoms. The third-order valence-corrected chi connectivity index (χ3v) is 23.6. The van der Waals surface area contributed by atoms with Crippen molar-refractivity contribution in [2.75, 3.05) is 72.7 Å². The maximum atomic E-state index is 12.7. The highest BCUT2D eigenvalue weighted by molar-refractivity contribution is 5.03. The van der Waals surface area contributed by atoms with E-state index in [2.05, 4.69) is 0 Å². The van der Waals surface area contributed by atoms with Gasteiger partial charge < -0.3 is 263 Å². The van der Waals surface area contributed by atoms with Crippen molar-refractivity contribution in [3.8, 4) is 0 Å². The van der Waals surface area contributed by atoms with E-state index < -0.39 is 410 Å². The first kappa shape index (κ1) is 102. The van der Waals surface area contributed by atoms with Gasteiger partial charge in [0.2, 0.25) is 0 Å². The van der Waals surface area contributed by atoms with Crippen molar-refractivity contribution in [1.82, 2.24) is 0 Å². The molecule has 0 aromatic rings. The van der Waals surface area contributed by atoms with Crippen LogP contribution >= 0.6 is 0 Å². The highest BCUT2D eigenvalue weighted by Crippen LogP contribution is 2.42. The molecule has 10 saturated heterocycles. The Morgan fingerprint density at radius 2 is 0.516 bits per heavy atom. The Bertz CT molecular complexity index is 3060. The van der Waals surface area contributed by atoms with Crippen molar-refractivity contribution in [2.24, 2.45) is 11.8 Å². The lowest BCUT2D eigenvalue weighted by molar-refractivity contribution is -0.408. The molecule has 10 aliphatic heterocycles. The molecule has 0 radical (unpaired) electrons. The quantitative estimate of drug-likeness (QED) is 0.0262. The molecule has 0 aromatic heterocycles. The molecule has 10 fully saturated rings. The third-order valence-electron chi connectivity index (χ3n) is 23.6. The zero-order valence-corrected chi connectivity index (χ0v) is 65.6. The minimum absolute atomic E-state index is 0.589. The molecule has 0 spiro atoms. The summed E-state index contributed by atoms with van der Waals surface area (Å²) in [5.41, 5.74) is 0. The van der Waals surface area contributed by atoms with E-state index in [1.807, 2.05) is 0 Å². The van der Waals surface area contributed by atoms with E-state index in [0.717, 1.165) is 0 Å². The molecule has 0 aliphatic carbocycles. The molecule has 0 amide bonds. The van der Waals surface area contributed by atoms with E-state index in [1.165, 1.54) is 6.92 Å². The second-order valence-corrected chi connectivity index (χ2v) is 31.7. The maximum Gasteiger partial charge on any atom is 0.187 e. The Morgan fingerprint density at radius 3 is 0.934 bits per heavy atom. The predicted molar refractivity (Wildman–Crippen MR) is 374 cm³/mol. The SMILES string of the molecule is CC1OC(CO)C(OC2OC(CO)C(OC3OC(COC4OC(COC5OC(CO)C(O)C(O)C5OC5OC(CO)C(O)C(O)C5O)C(O)C(OC5OC(CO)C(O)C(O)C5OC(O)C(O)C(O)C(O)CCO)C4O)C(O)C(OC4OC(CO)C(O)C(O)C4OC4OC(CO)C(O)C(O)C4OC4OC(CO)C(O)C(O)C4O)C3O)C(O)C2C)C(O)C1C. The highest BCUT2D eigenvalue weighted by Gasteiger charge is 2.61. The minimum atomic E-state index is -2.73. The van der Waals surface area contributed by atoms with Crippen molar-refractivity contribution in [3.05, 3.63) is 0 Å². The molecule has 0 bridgehead atoms. The smallest absolute Gasteiger partial charge is 0.187 e. The van der Waals surface area contributed by atoms with Gasteiger partial charge in [-0.3, -0.25) is 0 Å². The van der Waals surface area contributed by atoms with E-state index in [4.69, 9.17) is 94.7 Å². The molecule has 53 heteroatoms. The summed E-state index contributed by atoms with van der Waals surface area (Å²) < 4.78 is 118. The van der Waals surface area contributed by atoms with Gasteiger partial charge in [0.05, 0.1) is 90.5 Å². The van der Waals surface area contributed by atoms with Crippen LogP contribution in [0.4, 0.5) is 0 Å². The fourth-order valence-electron chi connectivity index (χ4n) is 15.8. The van der Waals surface area contributed by atoms with Crippen LogP contribution in [0.2, 0.25) is 0 Å². The van der Waals surface area contributed by atoms with Gasteiger partial charge in [0.25, 0.3) is 0 Å². The number of aliphatic hydroxyl groups is 33. The summed E-state index contributed by atoms with van der Waals surface area (Å²) >= 11 is 0. The molecule has 10 aliphatic rings. The number of aliphatic hydroxyl groups excluding tert-OH is 33. The fraction of sp³-hybridized carbons (Fsp3) is 1.00. The molecule has 54 atom stereocenters. The van der Waals surface area contributed by atoms with Gasteiger partial charge in [-0.2, -0.15) is 0 Å². The fourth-order valence-corrected chi connectivity index (χ4v) is 15.8. The van der Waals surface area contributed by atoms with Crippen molar-refractivity contribution >= 4 is 0 Å². The number of rotatable bonds is 35. The molecular formula is C69H120O53. The number of hydrogen-bond acceptors (Lipinski definition) is 53. The second kappa shape index (κ2) is 44.9. The Hall–Kier alpha value is -2.12. The summed E-state index contributed by atoms with van der Waals surface area (Å²) in [6.07, 6.45) is -111. The summed E-state index contributed by atoms with van der Waals surface area (Å²) in [5, 5.41) is 365. The lowest BCUT2D eigenvalue weighted by Crippen LogP contribution is -2.68. The van der Waals surface area contributed by atoms with Crippen LogP contribution in [0.3, 0.4) is 0 Å². The molecule has 53 nitrogen and oxygen atoms in total. The van der Waals surface area contributed by atoms with Gasteiger partial charge in [-0.05, 0) is 13.3 Å². The molecular weight excluding hydrogens is 1680 g/mol. The second-order valence-electron chi connectivity index (χ2n) is 31.7.